The molecule has 0 radical (unpaired) electrons. The maximum Gasteiger partial charge on any atom is 0.119 e. The topological polar surface area (TPSA) is 46.2 Å². The van der Waals surface area contributed by atoms with Crippen LogP contribution in [0.2, 0.25) is 5.02 Å². The van der Waals surface area contributed by atoms with Gasteiger partial charge in [0.1, 0.15) is 30.2 Å². The molecular weight excluding hydrogens is 500 g/mol. The lowest BCUT2D eigenvalue weighted by Crippen LogP contribution is -2.38. The van der Waals surface area contributed by atoms with Crippen molar-refractivity contribution < 1.29 is 23.7 Å². The summed E-state index contributed by atoms with van der Waals surface area (Å²) in [6.07, 6.45) is 6.28. The minimum atomic E-state index is -0.241. The molecule has 3 rings (SSSR count). The highest BCUT2D eigenvalue weighted by Crippen LogP contribution is 2.39. The standard InChI is InChI=1S/C32H47ClO5/c1-5-9-18-34-23-29-31(36-19-10-6-2)32(37-20-11-7-3)30(38-29)25-14-17-28(33)26(22-25)21-24-12-15-27(16-13-24)35-8-4/h12-17,22,29-32H,5-11,18-21,23H2,1-4H3/t29-,30-,31-,32-/m0/s1. The molecule has 4 atom stereocenters. The molecule has 0 unspecified atom stereocenters. The van der Waals surface area contributed by atoms with Crippen molar-refractivity contribution in [2.24, 2.45) is 0 Å². The largest absolute Gasteiger partial charge is 0.494 e. The van der Waals surface area contributed by atoms with Gasteiger partial charge in [-0.25, -0.2) is 0 Å². The van der Waals surface area contributed by atoms with Crippen molar-refractivity contribution in [1.29, 1.82) is 0 Å². The predicted octanol–water partition coefficient (Wildman–Crippen LogP) is 7.96. The quantitative estimate of drug-likeness (QED) is 0.177. The molecule has 5 nitrogen and oxygen atoms in total. The normalized spacial score (nSPS) is 21.2. The van der Waals surface area contributed by atoms with Gasteiger partial charge >= 0.3 is 0 Å². The summed E-state index contributed by atoms with van der Waals surface area (Å²) in [7, 11) is 0. The van der Waals surface area contributed by atoms with Crippen molar-refractivity contribution in [3.8, 4) is 5.75 Å². The molecule has 1 heterocycles. The first kappa shape index (κ1) is 30.9. The Balaban J connectivity index is 1.83. The second kappa shape index (κ2) is 17.1. The number of unbranched alkanes of at least 4 members (excludes halogenated alkanes) is 3. The molecule has 0 spiro atoms. The van der Waals surface area contributed by atoms with Gasteiger partial charge in [0.25, 0.3) is 0 Å². The summed E-state index contributed by atoms with van der Waals surface area (Å²) in [4.78, 5) is 0. The summed E-state index contributed by atoms with van der Waals surface area (Å²) < 4.78 is 31.2. The van der Waals surface area contributed by atoms with E-state index in [1.165, 1.54) is 5.56 Å². The van der Waals surface area contributed by atoms with Crippen LogP contribution < -0.4 is 4.74 Å². The molecule has 0 bridgehead atoms. The van der Waals surface area contributed by atoms with Crippen molar-refractivity contribution in [3.05, 3.63) is 64.2 Å². The summed E-state index contributed by atoms with van der Waals surface area (Å²) in [6, 6.07) is 14.4. The predicted molar refractivity (Wildman–Crippen MR) is 155 cm³/mol. The van der Waals surface area contributed by atoms with Crippen molar-refractivity contribution in [2.45, 2.75) is 97.1 Å². The fourth-order valence-electron chi connectivity index (χ4n) is 4.68. The van der Waals surface area contributed by atoms with Crippen LogP contribution in [0, 0.1) is 0 Å². The summed E-state index contributed by atoms with van der Waals surface area (Å²) in [5.74, 6) is 0.879. The van der Waals surface area contributed by atoms with Crippen LogP contribution in [0.5, 0.6) is 5.75 Å². The number of ether oxygens (including phenoxy) is 5. The molecule has 0 aromatic heterocycles. The molecular formula is C32H47ClO5. The van der Waals surface area contributed by atoms with Gasteiger partial charge in [-0.15, -0.1) is 0 Å². The molecule has 0 aliphatic carbocycles. The lowest BCUT2D eigenvalue weighted by Gasteiger charge is -2.25. The van der Waals surface area contributed by atoms with Gasteiger partial charge < -0.3 is 23.7 Å². The van der Waals surface area contributed by atoms with E-state index in [2.05, 4.69) is 45.0 Å². The minimum Gasteiger partial charge on any atom is -0.494 e. The molecule has 212 valence electrons. The maximum absolute atomic E-state index is 6.67. The van der Waals surface area contributed by atoms with Crippen LogP contribution in [0.3, 0.4) is 0 Å². The first-order valence-corrected chi connectivity index (χ1v) is 14.9. The third kappa shape index (κ3) is 9.24. The van der Waals surface area contributed by atoms with Gasteiger partial charge in [-0.1, -0.05) is 75.9 Å². The zero-order valence-electron chi connectivity index (χ0n) is 23.8. The first-order valence-electron chi connectivity index (χ1n) is 14.6. The lowest BCUT2D eigenvalue weighted by molar-refractivity contribution is -0.0795. The van der Waals surface area contributed by atoms with Crippen molar-refractivity contribution in [3.63, 3.8) is 0 Å². The van der Waals surface area contributed by atoms with Crippen LogP contribution in [0.4, 0.5) is 0 Å². The van der Waals surface area contributed by atoms with Gasteiger partial charge in [0.15, 0.2) is 0 Å². The van der Waals surface area contributed by atoms with E-state index in [0.29, 0.717) is 26.4 Å². The second-order valence-electron chi connectivity index (χ2n) is 10.0. The van der Waals surface area contributed by atoms with E-state index < -0.39 is 0 Å². The number of hydrogen-bond donors (Lipinski definition) is 0. The molecule has 0 N–H and O–H groups in total. The highest BCUT2D eigenvalue weighted by Gasteiger charge is 2.47. The van der Waals surface area contributed by atoms with Crippen LogP contribution in [-0.4, -0.2) is 51.3 Å². The molecule has 1 aliphatic heterocycles. The summed E-state index contributed by atoms with van der Waals surface area (Å²) in [6.45, 7) is 11.8. The molecule has 0 amide bonds. The zero-order valence-corrected chi connectivity index (χ0v) is 24.5. The van der Waals surface area contributed by atoms with Crippen molar-refractivity contribution in [1.82, 2.24) is 0 Å². The Labute approximate surface area is 235 Å². The van der Waals surface area contributed by atoms with Crippen molar-refractivity contribution in [2.75, 3.05) is 33.0 Å². The van der Waals surface area contributed by atoms with Crippen LogP contribution in [0.25, 0.3) is 0 Å². The second-order valence-corrected chi connectivity index (χ2v) is 10.4. The molecule has 2 aromatic rings. The van der Waals surface area contributed by atoms with Crippen LogP contribution in [0.15, 0.2) is 42.5 Å². The highest BCUT2D eigenvalue weighted by molar-refractivity contribution is 6.31. The van der Waals surface area contributed by atoms with Crippen molar-refractivity contribution >= 4 is 11.6 Å². The molecule has 2 aromatic carbocycles. The van der Waals surface area contributed by atoms with E-state index in [1.807, 2.05) is 25.1 Å². The van der Waals surface area contributed by atoms with Gasteiger partial charge in [0.2, 0.25) is 0 Å². The van der Waals surface area contributed by atoms with Gasteiger partial charge in [0, 0.05) is 24.8 Å². The van der Waals surface area contributed by atoms with E-state index in [4.69, 9.17) is 35.3 Å². The zero-order chi connectivity index (χ0) is 27.2. The lowest BCUT2D eigenvalue weighted by atomic mass is 9.97. The number of hydrogen-bond acceptors (Lipinski definition) is 5. The third-order valence-electron chi connectivity index (χ3n) is 6.88. The third-order valence-corrected chi connectivity index (χ3v) is 7.25. The van der Waals surface area contributed by atoms with Gasteiger partial charge in [0.05, 0.1) is 13.2 Å². The first-order chi connectivity index (χ1) is 18.6. The SMILES string of the molecule is CCCCOC[C@@H]1O[C@@H](c2ccc(Cl)c(Cc3ccc(OCC)cc3)c2)[C@H](OCCCC)[C@H]1OCCCC. The van der Waals surface area contributed by atoms with Crippen LogP contribution >= 0.6 is 11.6 Å². The Hall–Kier alpha value is -1.63. The smallest absolute Gasteiger partial charge is 0.119 e. The molecule has 1 saturated heterocycles. The Bertz CT molecular complexity index is 919. The average Bonchev–Trinajstić information content (AvgIpc) is 3.26. The Kier molecular flexibility index (Phi) is 13.9. The van der Waals surface area contributed by atoms with Gasteiger partial charge in [-0.05, 0) is 67.5 Å². The number of benzene rings is 2. The van der Waals surface area contributed by atoms with E-state index in [0.717, 1.165) is 73.5 Å². The molecule has 6 heteroatoms. The molecule has 0 saturated carbocycles. The van der Waals surface area contributed by atoms with Gasteiger partial charge in [-0.2, -0.15) is 0 Å². The van der Waals surface area contributed by atoms with Gasteiger partial charge in [-0.3, -0.25) is 0 Å². The van der Waals surface area contributed by atoms with Crippen LogP contribution in [-0.2, 0) is 25.4 Å². The molecule has 1 fully saturated rings. The maximum atomic E-state index is 6.67. The number of rotatable bonds is 18. The fraction of sp³-hybridized carbons (Fsp3) is 0.625. The molecule has 1 aliphatic rings. The monoisotopic (exact) mass is 546 g/mol. The average molecular weight is 547 g/mol. The van der Waals surface area contributed by atoms with E-state index in [9.17, 15) is 0 Å². The minimum absolute atomic E-state index is 0.171. The van der Waals surface area contributed by atoms with Crippen LogP contribution in [0.1, 0.15) is 89.0 Å². The van der Waals surface area contributed by atoms with E-state index in [-0.39, 0.29) is 24.4 Å². The summed E-state index contributed by atoms with van der Waals surface area (Å²) in [5.41, 5.74) is 3.31. The number of halogens is 1. The highest BCUT2D eigenvalue weighted by atomic mass is 35.5. The Morgan fingerprint density at radius 2 is 1.45 bits per heavy atom. The summed E-state index contributed by atoms with van der Waals surface area (Å²) >= 11 is 6.67. The summed E-state index contributed by atoms with van der Waals surface area (Å²) in [5, 5.41) is 0.749. The van der Waals surface area contributed by atoms with E-state index >= 15 is 0 Å². The Morgan fingerprint density at radius 3 is 2.11 bits per heavy atom. The molecule has 38 heavy (non-hydrogen) atoms. The van der Waals surface area contributed by atoms with E-state index in [1.54, 1.807) is 0 Å². The Morgan fingerprint density at radius 1 is 0.789 bits per heavy atom. The fourth-order valence-corrected chi connectivity index (χ4v) is 4.87.